The minimum absolute atomic E-state index is 0.0687. The second-order valence-corrected chi connectivity index (χ2v) is 12.0. The molecule has 2 N–H and O–H groups in total. The Morgan fingerprint density at radius 1 is 1.18 bits per heavy atom. The van der Waals surface area contributed by atoms with E-state index < -0.39 is 0 Å². The highest BCUT2D eigenvalue weighted by Gasteiger charge is 2.58. The first-order valence-corrected chi connectivity index (χ1v) is 13.0. The molecule has 33 heavy (non-hydrogen) atoms. The molecule has 0 saturated heterocycles. The molecule has 6 atom stereocenters. The van der Waals surface area contributed by atoms with Crippen molar-refractivity contribution < 1.29 is 10.0 Å². The predicted molar refractivity (Wildman–Crippen MR) is 131 cm³/mol. The van der Waals surface area contributed by atoms with Crippen LogP contribution in [-0.4, -0.2) is 21.1 Å². The molecule has 0 amide bonds. The summed E-state index contributed by atoms with van der Waals surface area (Å²) >= 11 is 1.64. The number of allylic oxidation sites excluding steroid dienone is 2. The smallest absolute Gasteiger partial charge is 0.292 e. The minimum atomic E-state index is -0.354. The Balaban J connectivity index is 1.33. The number of para-hydroxylation sites is 2. The number of aliphatic hydroxyl groups is 1. The molecule has 1 aromatic heterocycles. The molecule has 1 heterocycles. The van der Waals surface area contributed by atoms with Gasteiger partial charge in [0.25, 0.3) is 5.69 Å². The number of thiazole rings is 1. The molecule has 6 rings (SSSR count). The summed E-state index contributed by atoms with van der Waals surface area (Å²) in [6.07, 6.45) is 9.91. The number of anilines is 2. The first-order chi connectivity index (χ1) is 15.8. The number of fused-ring (bicyclic) bond motifs is 7. The number of hydrogen-bond donors (Lipinski definition) is 2. The van der Waals surface area contributed by atoms with Crippen LogP contribution in [0.1, 0.15) is 62.9 Å². The summed E-state index contributed by atoms with van der Waals surface area (Å²) in [6, 6.07) is 6.75. The first kappa shape index (κ1) is 21.3. The second kappa shape index (κ2) is 7.37. The number of rotatable bonds is 3. The number of aromatic nitrogens is 1. The van der Waals surface area contributed by atoms with Gasteiger partial charge in [-0.1, -0.05) is 43.4 Å². The SMILES string of the molecule is C[C@]12CC[C@H]3[C@@H](CC=C4c5sc(Nc6ccccc6[N+](=O)[O-])nc5CC[C@@]43C)[C@@H]1CC[C@@H]2O. The van der Waals surface area contributed by atoms with Gasteiger partial charge in [-0.15, -0.1) is 0 Å². The lowest BCUT2D eigenvalue weighted by molar-refractivity contribution is -0.383. The van der Waals surface area contributed by atoms with Crippen LogP contribution in [0.25, 0.3) is 5.57 Å². The zero-order valence-electron chi connectivity index (χ0n) is 19.2. The van der Waals surface area contributed by atoms with E-state index in [0.29, 0.717) is 23.4 Å². The molecule has 0 aliphatic heterocycles. The van der Waals surface area contributed by atoms with Gasteiger partial charge >= 0.3 is 0 Å². The maximum atomic E-state index is 11.4. The third kappa shape index (κ3) is 3.04. The Morgan fingerprint density at radius 3 is 2.82 bits per heavy atom. The fourth-order valence-corrected chi connectivity index (χ4v) is 8.96. The number of nitrogens with one attached hydrogen (secondary N) is 1. The third-order valence-corrected chi connectivity index (χ3v) is 10.6. The van der Waals surface area contributed by atoms with Crippen molar-refractivity contribution >= 4 is 33.4 Å². The van der Waals surface area contributed by atoms with Gasteiger partial charge in [0.2, 0.25) is 0 Å². The second-order valence-electron chi connectivity index (χ2n) is 11.0. The van der Waals surface area contributed by atoms with Gasteiger partial charge in [-0.3, -0.25) is 10.1 Å². The van der Waals surface area contributed by atoms with Crippen LogP contribution in [0.4, 0.5) is 16.5 Å². The molecule has 4 aliphatic carbocycles. The lowest BCUT2D eigenvalue weighted by Gasteiger charge is -2.56. The van der Waals surface area contributed by atoms with Crippen molar-refractivity contribution in [3.05, 3.63) is 51.0 Å². The monoisotopic (exact) mass is 465 g/mol. The number of nitrogens with zero attached hydrogens (tertiary/aromatic N) is 2. The summed E-state index contributed by atoms with van der Waals surface area (Å²) in [6.45, 7) is 4.79. The zero-order chi connectivity index (χ0) is 23.0. The van der Waals surface area contributed by atoms with Crippen LogP contribution >= 0.6 is 11.3 Å². The maximum absolute atomic E-state index is 11.4. The van der Waals surface area contributed by atoms with Crippen LogP contribution in [0.3, 0.4) is 0 Å². The van der Waals surface area contributed by atoms with E-state index in [1.807, 2.05) is 0 Å². The number of aliphatic hydroxyl groups excluding tert-OH is 1. The van der Waals surface area contributed by atoms with E-state index in [-0.39, 0.29) is 27.5 Å². The number of hydrogen-bond acceptors (Lipinski definition) is 6. The minimum Gasteiger partial charge on any atom is -0.393 e. The normalized spacial score (nSPS) is 36.8. The van der Waals surface area contributed by atoms with Crippen molar-refractivity contribution in [1.82, 2.24) is 4.98 Å². The molecule has 174 valence electrons. The molecule has 7 heteroatoms. The Kier molecular flexibility index (Phi) is 4.76. The van der Waals surface area contributed by atoms with Gasteiger partial charge < -0.3 is 10.4 Å². The van der Waals surface area contributed by atoms with Crippen LogP contribution in [0.2, 0.25) is 0 Å². The maximum Gasteiger partial charge on any atom is 0.292 e. The topological polar surface area (TPSA) is 88.3 Å². The molecule has 2 fully saturated rings. The van der Waals surface area contributed by atoms with Crippen LogP contribution in [-0.2, 0) is 6.42 Å². The summed E-state index contributed by atoms with van der Waals surface area (Å²) < 4.78 is 0. The standard InChI is InChI=1S/C26H31N3O3S/c1-25-14-12-20-23(33-24(28-20)27-19-5-3-4-6-21(19)29(31)32)18(25)8-7-15-16-9-10-22(30)26(16,2)13-11-17(15)25/h3-6,8,15-17,22,30H,7,9-14H2,1-2H3,(H,27,28)/t15-,16-,17-,22-,25+,26-/m0/s1. The fraction of sp³-hybridized carbons (Fsp3) is 0.577. The first-order valence-electron chi connectivity index (χ1n) is 12.2. The molecule has 1 aromatic carbocycles. The summed E-state index contributed by atoms with van der Waals surface area (Å²) in [7, 11) is 0. The average Bonchev–Trinajstić information content (AvgIpc) is 3.33. The van der Waals surface area contributed by atoms with Gasteiger partial charge in [0.1, 0.15) is 5.69 Å². The van der Waals surface area contributed by atoms with Gasteiger partial charge in [-0.2, -0.15) is 0 Å². The lowest BCUT2D eigenvalue weighted by Crippen LogP contribution is -2.50. The predicted octanol–water partition coefficient (Wildman–Crippen LogP) is 6.34. The van der Waals surface area contributed by atoms with E-state index in [2.05, 4.69) is 25.2 Å². The molecular weight excluding hydrogens is 434 g/mol. The molecule has 2 aromatic rings. The molecule has 0 radical (unpaired) electrons. The highest BCUT2D eigenvalue weighted by atomic mass is 32.1. The van der Waals surface area contributed by atoms with Crippen molar-refractivity contribution in [1.29, 1.82) is 0 Å². The highest BCUT2D eigenvalue weighted by molar-refractivity contribution is 7.16. The molecule has 4 aliphatic rings. The lowest BCUT2D eigenvalue weighted by atomic mass is 9.48. The van der Waals surface area contributed by atoms with E-state index in [9.17, 15) is 15.2 Å². The number of aryl methyl sites for hydroxylation is 1. The molecular formula is C26H31N3O3S. The van der Waals surface area contributed by atoms with E-state index in [1.54, 1.807) is 29.5 Å². The third-order valence-electron chi connectivity index (χ3n) is 9.58. The largest absolute Gasteiger partial charge is 0.393 e. The van der Waals surface area contributed by atoms with Gasteiger partial charge in [0.05, 0.1) is 21.6 Å². The molecule has 2 saturated carbocycles. The number of nitro benzene ring substituents is 1. The van der Waals surface area contributed by atoms with E-state index >= 15 is 0 Å². The molecule has 6 nitrogen and oxygen atoms in total. The Bertz CT molecular complexity index is 1160. The van der Waals surface area contributed by atoms with Gasteiger partial charge in [-0.05, 0) is 85.2 Å². The van der Waals surface area contributed by atoms with Crippen molar-refractivity contribution in [3.63, 3.8) is 0 Å². The van der Waals surface area contributed by atoms with Crippen molar-refractivity contribution in [2.24, 2.45) is 28.6 Å². The van der Waals surface area contributed by atoms with E-state index in [4.69, 9.17) is 4.98 Å². The van der Waals surface area contributed by atoms with Crippen molar-refractivity contribution in [2.45, 2.75) is 64.9 Å². The Morgan fingerprint density at radius 2 is 2.00 bits per heavy atom. The Labute approximate surface area is 198 Å². The van der Waals surface area contributed by atoms with Gasteiger partial charge in [0.15, 0.2) is 5.13 Å². The van der Waals surface area contributed by atoms with Crippen molar-refractivity contribution in [3.8, 4) is 0 Å². The summed E-state index contributed by atoms with van der Waals surface area (Å²) in [5.41, 5.74) is 3.36. The molecule has 0 bridgehead atoms. The summed E-state index contributed by atoms with van der Waals surface area (Å²) in [5, 5.41) is 26.1. The number of benzene rings is 1. The van der Waals surface area contributed by atoms with Crippen LogP contribution in [0.5, 0.6) is 0 Å². The molecule has 0 unspecified atom stereocenters. The summed E-state index contributed by atoms with van der Waals surface area (Å²) in [5.74, 6) is 1.94. The van der Waals surface area contributed by atoms with Crippen LogP contribution < -0.4 is 5.32 Å². The van der Waals surface area contributed by atoms with Crippen LogP contribution in [0.15, 0.2) is 30.3 Å². The Hall–Kier alpha value is -2.25. The zero-order valence-corrected chi connectivity index (χ0v) is 20.0. The summed E-state index contributed by atoms with van der Waals surface area (Å²) in [4.78, 5) is 17.2. The highest BCUT2D eigenvalue weighted by Crippen LogP contribution is 2.66. The average molecular weight is 466 g/mol. The van der Waals surface area contributed by atoms with Gasteiger partial charge in [0, 0.05) is 6.07 Å². The van der Waals surface area contributed by atoms with Crippen molar-refractivity contribution in [2.75, 3.05) is 5.32 Å². The molecule has 0 spiro atoms. The van der Waals surface area contributed by atoms with Gasteiger partial charge in [-0.25, -0.2) is 4.98 Å². The quantitative estimate of drug-likeness (QED) is 0.408. The van der Waals surface area contributed by atoms with E-state index in [1.165, 1.54) is 22.9 Å². The van der Waals surface area contributed by atoms with Crippen LogP contribution in [0, 0.1) is 38.7 Å². The fourth-order valence-electron chi connectivity index (χ4n) is 7.76. The number of nitro groups is 1. The van der Waals surface area contributed by atoms with E-state index in [0.717, 1.165) is 49.4 Å².